The van der Waals surface area contributed by atoms with Gasteiger partial charge in [-0.25, -0.2) is 4.99 Å². The summed E-state index contributed by atoms with van der Waals surface area (Å²) in [6.45, 7) is 0. The van der Waals surface area contributed by atoms with E-state index in [2.05, 4.69) is 162 Å². The van der Waals surface area contributed by atoms with E-state index in [1.807, 2.05) is 12.1 Å². The summed E-state index contributed by atoms with van der Waals surface area (Å²) in [5.41, 5.74) is 7.52. The fourth-order valence-electron chi connectivity index (χ4n) is 7.56. The van der Waals surface area contributed by atoms with E-state index < -0.39 is 0 Å². The van der Waals surface area contributed by atoms with Crippen molar-refractivity contribution in [2.45, 2.75) is 12.3 Å². The van der Waals surface area contributed by atoms with Gasteiger partial charge in [-0.15, -0.1) is 0 Å². The van der Waals surface area contributed by atoms with Gasteiger partial charge < -0.3 is 9.73 Å². The van der Waals surface area contributed by atoms with Crippen LogP contribution in [0, 0.1) is 0 Å². The minimum absolute atomic E-state index is 0.195. The average molecular weight is 630 g/mol. The van der Waals surface area contributed by atoms with Crippen molar-refractivity contribution in [1.29, 1.82) is 0 Å². The molecule has 2 N–H and O–H groups in total. The highest BCUT2D eigenvalue weighted by Gasteiger charge is 2.27. The first-order valence-electron chi connectivity index (χ1n) is 16.8. The van der Waals surface area contributed by atoms with Crippen molar-refractivity contribution in [3.05, 3.63) is 180 Å². The third-order valence-corrected chi connectivity index (χ3v) is 9.94. The lowest BCUT2D eigenvalue weighted by Gasteiger charge is -2.33. The molecule has 0 fully saturated rings. The number of nitrogens with one attached hydrogen (secondary N) is 2. The van der Waals surface area contributed by atoms with Crippen LogP contribution in [-0.4, -0.2) is 5.84 Å². The summed E-state index contributed by atoms with van der Waals surface area (Å²) in [4.78, 5) is 5.30. The standard InChI is InChI=1S/C45H31N3O/c1-3-12-30-26-32(22-20-28(30)10-1)43-46-44(33-23-21-29-11-2-4-13-31(29)27-33)48-45(47-43)38-25-24-36(34-14-5-6-15-35(34)38)37-17-9-19-41-42(37)39-16-7-8-18-40(39)49-41/h1-27,43,45,47H,(H,46,48). The molecule has 4 nitrogen and oxygen atoms in total. The maximum Gasteiger partial charge on any atom is 0.136 e. The Labute approximate surface area is 283 Å². The number of para-hydroxylation sites is 1. The zero-order valence-corrected chi connectivity index (χ0v) is 26.6. The maximum atomic E-state index is 6.27. The predicted molar refractivity (Wildman–Crippen MR) is 203 cm³/mol. The highest BCUT2D eigenvalue weighted by molar-refractivity contribution is 6.15. The number of hydrogen-bond donors (Lipinski definition) is 2. The molecule has 1 aliphatic heterocycles. The summed E-state index contributed by atoms with van der Waals surface area (Å²) < 4.78 is 6.27. The first kappa shape index (κ1) is 27.8. The van der Waals surface area contributed by atoms with Crippen LogP contribution in [0.1, 0.15) is 29.0 Å². The molecule has 10 rings (SSSR count). The number of amidine groups is 1. The molecule has 0 amide bonds. The van der Waals surface area contributed by atoms with E-state index in [4.69, 9.17) is 9.41 Å². The Morgan fingerprint density at radius 1 is 0.490 bits per heavy atom. The molecule has 0 bridgehead atoms. The van der Waals surface area contributed by atoms with Crippen LogP contribution < -0.4 is 10.6 Å². The lowest BCUT2D eigenvalue weighted by atomic mass is 9.91. The minimum atomic E-state index is -0.248. The lowest BCUT2D eigenvalue weighted by Crippen LogP contribution is -2.45. The third kappa shape index (κ3) is 4.68. The van der Waals surface area contributed by atoms with E-state index in [0.717, 1.165) is 38.9 Å². The molecule has 4 heteroatoms. The summed E-state index contributed by atoms with van der Waals surface area (Å²) in [7, 11) is 0. The predicted octanol–water partition coefficient (Wildman–Crippen LogP) is 11.0. The zero-order valence-electron chi connectivity index (χ0n) is 26.6. The number of hydrogen-bond acceptors (Lipinski definition) is 4. The van der Waals surface area contributed by atoms with Crippen molar-refractivity contribution in [3.63, 3.8) is 0 Å². The van der Waals surface area contributed by atoms with Gasteiger partial charge in [-0.1, -0.05) is 140 Å². The Morgan fingerprint density at radius 2 is 1.16 bits per heavy atom. The van der Waals surface area contributed by atoms with E-state index in [1.54, 1.807) is 0 Å². The number of benzene rings is 8. The number of nitrogens with zero attached hydrogens (tertiary/aromatic N) is 1. The van der Waals surface area contributed by atoms with Gasteiger partial charge in [0.05, 0.1) is 0 Å². The molecule has 49 heavy (non-hydrogen) atoms. The molecule has 1 aromatic heterocycles. The Kier molecular flexibility index (Phi) is 6.36. The second-order valence-corrected chi connectivity index (χ2v) is 12.8. The monoisotopic (exact) mass is 629 g/mol. The number of furan rings is 1. The molecular formula is C45H31N3O. The van der Waals surface area contributed by atoms with E-state index >= 15 is 0 Å². The van der Waals surface area contributed by atoms with Crippen LogP contribution in [0.5, 0.6) is 0 Å². The summed E-state index contributed by atoms with van der Waals surface area (Å²) in [6.07, 6.45) is -0.443. The molecule has 0 spiro atoms. The van der Waals surface area contributed by atoms with Gasteiger partial charge in [0.15, 0.2) is 0 Å². The van der Waals surface area contributed by atoms with Crippen LogP contribution in [-0.2, 0) is 0 Å². The SMILES string of the molecule is c1ccc2cc(C3=NC(c4ccc5ccccc5c4)NC(c4ccc(-c5cccc6oc7ccccc7c56)c5ccccc45)N3)ccc2c1. The van der Waals surface area contributed by atoms with Gasteiger partial charge in [-0.2, -0.15) is 0 Å². The topological polar surface area (TPSA) is 49.6 Å². The molecule has 9 aromatic rings. The fraction of sp³-hybridized carbons (Fsp3) is 0.0444. The molecule has 1 aliphatic rings. The maximum absolute atomic E-state index is 6.27. The summed E-state index contributed by atoms with van der Waals surface area (Å²) in [6, 6.07) is 58.1. The van der Waals surface area contributed by atoms with Crippen molar-refractivity contribution < 1.29 is 4.42 Å². The van der Waals surface area contributed by atoms with Crippen molar-refractivity contribution in [2.24, 2.45) is 4.99 Å². The van der Waals surface area contributed by atoms with Gasteiger partial charge in [0.1, 0.15) is 29.3 Å². The molecule has 232 valence electrons. The molecular weight excluding hydrogens is 599 g/mol. The third-order valence-electron chi connectivity index (χ3n) is 9.94. The van der Waals surface area contributed by atoms with E-state index in [-0.39, 0.29) is 12.3 Å². The van der Waals surface area contributed by atoms with Crippen LogP contribution in [0.3, 0.4) is 0 Å². The van der Waals surface area contributed by atoms with E-state index in [1.165, 1.54) is 49.0 Å². The first-order chi connectivity index (χ1) is 24.3. The van der Waals surface area contributed by atoms with Crippen LogP contribution in [0.4, 0.5) is 0 Å². The smallest absolute Gasteiger partial charge is 0.136 e. The quantitative estimate of drug-likeness (QED) is 0.204. The Hall–Kier alpha value is -6.23. The Morgan fingerprint density at radius 3 is 2.00 bits per heavy atom. The molecule has 0 saturated carbocycles. The summed E-state index contributed by atoms with van der Waals surface area (Å²) in [5.74, 6) is 0.871. The largest absolute Gasteiger partial charge is 0.456 e. The Balaban J connectivity index is 1.13. The minimum Gasteiger partial charge on any atom is -0.456 e. The highest BCUT2D eigenvalue weighted by atomic mass is 16.3. The molecule has 2 atom stereocenters. The van der Waals surface area contributed by atoms with Gasteiger partial charge in [0, 0.05) is 16.3 Å². The number of rotatable bonds is 4. The van der Waals surface area contributed by atoms with Crippen molar-refractivity contribution in [1.82, 2.24) is 10.6 Å². The van der Waals surface area contributed by atoms with E-state index in [0.29, 0.717) is 0 Å². The summed E-state index contributed by atoms with van der Waals surface area (Å²) >= 11 is 0. The van der Waals surface area contributed by atoms with Crippen LogP contribution in [0.25, 0.3) is 65.4 Å². The second-order valence-electron chi connectivity index (χ2n) is 12.8. The molecule has 0 saturated heterocycles. The van der Waals surface area contributed by atoms with Gasteiger partial charge in [-0.3, -0.25) is 5.32 Å². The van der Waals surface area contributed by atoms with Gasteiger partial charge in [0.2, 0.25) is 0 Å². The average Bonchev–Trinajstić information content (AvgIpc) is 3.56. The first-order valence-corrected chi connectivity index (χ1v) is 16.8. The fourth-order valence-corrected chi connectivity index (χ4v) is 7.56. The Bertz CT molecular complexity index is 2760. The highest BCUT2D eigenvalue weighted by Crippen LogP contribution is 2.41. The lowest BCUT2D eigenvalue weighted by molar-refractivity contribution is 0.411. The molecule has 8 aromatic carbocycles. The molecule has 2 heterocycles. The normalized spacial score (nSPS) is 16.4. The van der Waals surface area contributed by atoms with Crippen LogP contribution in [0.2, 0.25) is 0 Å². The van der Waals surface area contributed by atoms with Gasteiger partial charge in [-0.05, 0) is 78.8 Å². The number of fused-ring (bicyclic) bond motifs is 6. The van der Waals surface area contributed by atoms with Crippen molar-refractivity contribution in [3.8, 4) is 11.1 Å². The van der Waals surface area contributed by atoms with E-state index in [9.17, 15) is 0 Å². The molecule has 0 aliphatic carbocycles. The number of aliphatic imine (C=N–C) groups is 1. The second kappa shape index (κ2) is 11.2. The van der Waals surface area contributed by atoms with Crippen molar-refractivity contribution in [2.75, 3.05) is 0 Å². The summed E-state index contributed by atoms with van der Waals surface area (Å²) in [5, 5.41) is 17.2. The van der Waals surface area contributed by atoms with Crippen molar-refractivity contribution >= 4 is 60.1 Å². The van der Waals surface area contributed by atoms with Gasteiger partial charge >= 0.3 is 0 Å². The molecule has 2 unspecified atom stereocenters. The zero-order chi connectivity index (χ0) is 32.3. The molecule has 0 radical (unpaired) electrons. The van der Waals surface area contributed by atoms with Gasteiger partial charge in [0.25, 0.3) is 0 Å². The van der Waals surface area contributed by atoms with Crippen LogP contribution >= 0.6 is 0 Å². The van der Waals surface area contributed by atoms with Crippen LogP contribution in [0.15, 0.2) is 173 Å².